The molecular weight excluding hydrogens is 213 g/mol. The maximum absolute atomic E-state index is 11.0. The van der Waals surface area contributed by atoms with Crippen LogP contribution in [0.4, 0.5) is 5.69 Å². The molecule has 1 aliphatic heterocycles. The molecule has 1 aromatic rings. The third-order valence-electron chi connectivity index (χ3n) is 1.92. The number of aliphatic hydroxyl groups excluding tert-OH is 1. The Morgan fingerprint density at radius 1 is 1.38 bits per heavy atom. The van der Waals surface area contributed by atoms with Gasteiger partial charge in [-0.3, -0.25) is 4.79 Å². The fourth-order valence-corrected chi connectivity index (χ4v) is 1.63. The molecule has 1 aliphatic rings. The summed E-state index contributed by atoms with van der Waals surface area (Å²) >= 11 is 11.5. The predicted molar refractivity (Wildman–Crippen MR) is 50.1 cm³/mol. The summed E-state index contributed by atoms with van der Waals surface area (Å²) < 4.78 is 0. The second-order valence-corrected chi connectivity index (χ2v) is 3.50. The topological polar surface area (TPSA) is 49.3 Å². The van der Waals surface area contributed by atoms with E-state index in [1.54, 1.807) is 12.1 Å². The molecule has 1 heterocycles. The highest BCUT2D eigenvalue weighted by Gasteiger charge is 2.30. The normalized spacial score (nSPS) is 19.9. The Morgan fingerprint density at radius 2 is 2.08 bits per heavy atom. The molecular formula is C8H5Cl2NO2. The summed E-state index contributed by atoms with van der Waals surface area (Å²) in [6.45, 7) is 0. The van der Waals surface area contributed by atoms with Gasteiger partial charge in [-0.25, -0.2) is 0 Å². The highest BCUT2D eigenvalue weighted by molar-refractivity contribution is 6.44. The van der Waals surface area contributed by atoms with Crippen LogP contribution in [0.2, 0.25) is 10.0 Å². The molecule has 5 heteroatoms. The number of halogens is 2. The average molecular weight is 218 g/mol. The maximum Gasteiger partial charge on any atom is 0.257 e. The van der Waals surface area contributed by atoms with E-state index < -0.39 is 12.0 Å². The Kier molecular flexibility index (Phi) is 1.95. The number of fused-ring (bicyclic) bond motifs is 1. The van der Waals surface area contributed by atoms with Crippen molar-refractivity contribution in [1.82, 2.24) is 0 Å². The van der Waals surface area contributed by atoms with Crippen molar-refractivity contribution in [2.75, 3.05) is 5.32 Å². The molecule has 2 N–H and O–H groups in total. The molecule has 0 radical (unpaired) electrons. The highest BCUT2D eigenvalue weighted by Crippen LogP contribution is 2.40. The van der Waals surface area contributed by atoms with Gasteiger partial charge in [0.05, 0.1) is 15.7 Å². The van der Waals surface area contributed by atoms with Crippen LogP contribution in [-0.2, 0) is 4.79 Å². The number of nitrogens with one attached hydrogen (secondary N) is 1. The van der Waals surface area contributed by atoms with Gasteiger partial charge in [0.1, 0.15) is 0 Å². The summed E-state index contributed by atoms with van der Waals surface area (Å²) in [7, 11) is 0. The first-order valence-corrected chi connectivity index (χ1v) is 4.33. The number of hydrogen-bond acceptors (Lipinski definition) is 2. The molecule has 1 atom stereocenters. The molecule has 68 valence electrons. The molecule has 1 unspecified atom stereocenters. The van der Waals surface area contributed by atoms with E-state index in [9.17, 15) is 9.90 Å². The van der Waals surface area contributed by atoms with Gasteiger partial charge in [0, 0.05) is 5.56 Å². The van der Waals surface area contributed by atoms with Gasteiger partial charge in [-0.2, -0.15) is 0 Å². The van der Waals surface area contributed by atoms with Crippen molar-refractivity contribution in [2.45, 2.75) is 6.10 Å². The standard InChI is InChI=1S/C8H5Cl2NO2/c9-4-2-1-3-6(5(4)10)11-8(13)7(3)12/h1-2,7,12H,(H,11,13). The number of rotatable bonds is 0. The SMILES string of the molecule is O=C1Nc2c(ccc(Cl)c2Cl)C1O. The summed E-state index contributed by atoms with van der Waals surface area (Å²) in [4.78, 5) is 11.0. The Labute approximate surface area is 84.3 Å². The van der Waals surface area contributed by atoms with E-state index in [0.717, 1.165) is 0 Å². The number of carbonyl (C=O) groups excluding carboxylic acids is 1. The van der Waals surface area contributed by atoms with Crippen molar-refractivity contribution >= 4 is 34.8 Å². The first-order valence-electron chi connectivity index (χ1n) is 3.58. The number of benzene rings is 1. The van der Waals surface area contributed by atoms with E-state index in [-0.39, 0.29) is 5.02 Å². The van der Waals surface area contributed by atoms with Crippen LogP contribution >= 0.6 is 23.2 Å². The first-order chi connectivity index (χ1) is 6.11. The van der Waals surface area contributed by atoms with Gasteiger partial charge in [0.2, 0.25) is 0 Å². The lowest BCUT2D eigenvalue weighted by Crippen LogP contribution is -2.10. The van der Waals surface area contributed by atoms with E-state index in [2.05, 4.69) is 5.32 Å². The molecule has 0 fully saturated rings. The molecule has 0 aliphatic carbocycles. The van der Waals surface area contributed by atoms with Crippen molar-refractivity contribution in [3.63, 3.8) is 0 Å². The Balaban J connectivity index is 2.64. The number of carbonyl (C=O) groups is 1. The van der Waals surface area contributed by atoms with Crippen LogP contribution in [0.1, 0.15) is 11.7 Å². The lowest BCUT2D eigenvalue weighted by Gasteiger charge is -2.03. The number of hydrogen-bond donors (Lipinski definition) is 2. The summed E-state index contributed by atoms with van der Waals surface area (Å²) in [6.07, 6.45) is -1.13. The lowest BCUT2D eigenvalue weighted by molar-refractivity contribution is -0.123. The minimum atomic E-state index is -1.13. The summed E-state index contributed by atoms with van der Waals surface area (Å²) in [5.41, 5.74) is 0.881. The maximum atomic E-state index is 11.0. The zero-order valence-electron chi connectivity index (χ0n) is 6.34. The second-order valence-electron chi connectivity index (χ2n) is 2.72. The van der Waals surface area contributed by atoms with Crippen LogP contribution in [0.3, 0.4) is 0 Å². The second kappa shape index (κ2) is 2.87. The van der Waals surface area contributed by atoms with Crippen molar-refractivity contribution < 1.29 is 9.90 Å². The summed E-state index contributed by atoms with van der Waals surface area (Å²) in [5.74, 6) is -0.473. The zero-order chi connectivity index (χ0) is 9.59. The molecule has 0 aromatic heterocycles. The average Bonchev–Trinajstić information content (AvgIpc) is 2.38. The minimum Gasteiger partial charge on any atom is -0.378 e. The summed E-state index contributed by atoms with van der Waals surface area (Å²) in [5, 5.41) is 12.4. The van der Waals surface area contributed by atoms with Gasteiger partial charge < -0.3 is 10.4 Å². The number of anilines is 1. The molecule has 2 rings (SSSR count). The lowest BCUT2D eigenvalue weighted by atomic mass is 10.1. The van der Waals surface area contributed by atoms with E-state index in [1.807, 2.05) is 0 Å². The fraction of sp³-hybridized carbons (Fsp3) is 0.125. The highest BCUT2D eigenvalue weighted by atomic mass is 35.5. The van der Waals surface area contributed by atoms with E-state index in [0.29, 0.717) is 16.3 Å². The van der Waals surface area contributed by atoms with E-state index in [4.69, 9.17) is 23.2 Å². The molecule has 1 amide bonds. The monoisotopic (exact) mass is 217 g/mol. The Morgan fingerprint density at radius 3 is 2.77 bits per heavy atom. The molecule has 0 bridgehead atoms. The van der Waals surface area contributed by atoms with Crippen LogP contribution in [0.25, 0.3) is 0 Å². The van der Waals surface area contributed by atoms with Gasteiger partial charge in [-0.1, -0.05) is 29.3 Å². The quantitative estimate of drug-likeness (QED) is 0.699. The Hall–Kier alpha value is -0.770. The van der Waals surface area contributed by atoms with Crippen LogP contribution in [0, 0.1) is 0 Å². The molecule has 0 spiro atoms. The number of amides is 1. The van der Waals surface area contributed by atoms with Gasteiger partial charge in [-0.15, -0.1) is 0 Å². The van der Waals surface area contributed by atoms with E-state index >= 15 is 0 Å². The molecule has 13 heavy (non-hydrogen) atoms. The molecule has 1 aromatic carbocycles. The van der Waals surface area contributed by atoms with Gasteiger partial charge in [-0.05, 0) is 6.07 Å². The third-order valence-corrected chi connectivity index (χ3v) is 2.72. The van der Waals surface area contributed by atoms with Crippen molar-refractivity contribution in [1.29, 1.82) is 0 Å². The minimum absolute atomic E-state index is 0.268. The summed E-state index contributed by atoms with van der Waals surface area (Å²) in [6, 6.07) is 3.12. The van der Waals surface area contributed by atoms with Crippen molar-refractivity contribution in [3.05, 3.63) is 27.7 Å². The molecule has 0 saturated carbocycles. The van der Waals surface area contributed by atoms with Crippen LogP contribution in [0.15, 0.2) is 12.1 Å². The predicted octanol–water partition coefficient (Wildman–Crippen LogP) is 1.98. The van der Waals surface area contributed by atoms with Crippen molar-refractivity contribution in [2.24, 2.45) is 0 Å². The van der Waals surface area contributed by atoms with Gasteiger partial charge in [0.15, 0.2) is 6.10 Å². The molecule has 3 nitrogen and oxygen atoms in total. The van der Waals surface area contributed by atoms with E-state index in [1.165, 1.54) is 0 Å². The first kappa shape index (κ1) is 8.81. The third kappa shape index (κ3) is 1.20. The zero-order valence-corrected chi connectivity index (χ0v) is 7.86. The van der Waals surface area contributed by atoms with Crippen LogP contribution in [-0.4, -0.2) is 11.0 Å². The van der Waals surface area contributed by atoms with Gasteiger partial charge >= 0.3 is 0 Å². The molecule has 0 saturated heterocycles. The van der Waals surface area contributed by atoms with Gasteiger partial charge in [0.25, 0.3) is 5.91 Å². The van der Waals surface area contributed by atoms with Crippen molar-refractivity contribution in [3.8, 4) is 0 Å². The number of aliphatic hydroxyl groups is 1. The Bertz CT molecular complexity index is 392. The smallest absolute Gasteiger partial charge is 0.257 e. The van der Waals surface area contributed by atoms with Crippen LogP contribution in [0.5, 0.6) is 0 Å². The van der Waals surface area contributed by atoms with Crippen LogP contribution < -0.4 is 5.32 Å². The largest absolute Gasteiger partial charge is 0.378 e. The fourth-order valence-electron chi connectivity index (χ4n) is 1.25.